The molecule has 0 amide bonds. The van der Waals surface area contributed by atoms with E-state index in [4.69, 9.17) is 4.74 Å². The number of hydrogen-bond donors (Lipinski definition) is 1. The van der Waals surface area contributed by atoms with E-state index in [0.717, 1.165) is 12.8 Å². The number of unbranched alkanes of at least 4 members (excludes halogenated alkanes) is 9. The molecule has 1 aliphatic heterocycles. The number of aliphatic hydroxyl groups is 1. The normalized spacial score (nSPS) is 21.1. The Morgan fingerprint density at radius 2 is 1.46 bits per heavy atom. The summed E-state index contributed by atoms with van der Waals surface area (Å²) in [4.78, 5) is 2.54. The zero-order valence-electron chi connectivity index (χ0n) is 23.3. The van der Waals surface area contributed by atoms with E-state index in [1.807, 2.05) is 12.1 Å². The van der Waals surface area contributed by atoms with Crippen LogP contribution in [-0.4, -0.2) is 34.8 Å². The van der Waals surface area contributed by atoms with Crippen LogP contribution in [0.5, 0.6) is 0 Å². The molecule has 2 aromatic rings. The maximum absolute atomic E-state index is 10.6. The van der Waals surface area contributed by atoms with Gasteiger partial charge in [0.2, 0.25) is 0 Å². The smallest absolute Gasteiger partial charge is 0.0771 e. The number of nitrogens with zero attached hydrogens (tertiary/aromatic N) is 1. The van der Waals surface area contributed by atoms with Gasteiger partial charge in [-0.2, -0.15) is 0 Å². The van der Waals surface area contributed by atoms with Crippen LogP contribution in [0.1, 0.15) is 108 Å². The van der Waals surface area contributed by atoms with Crippen LogP contribution in [0.25, 0.3) is 0 Å². The first kappa shape index (κ1) is 29.6. The molecule has 3 nitrogen and oxygen atoms in total. The van der Waals surface area contributed by atoms with Gasteiger partial charge in [0.1, 0.15) is 0 Å². The first-order valence-electron chi connectivity index (χ1n) is 15.0. The molecular weight excluding hydrogens is 454 g/mol. The third-order valence-electron chi connectivity index (χ3n) is 8.09. The monoisotopic (exact) mass is 505 g/mol. The lowest BCUT2D eigenvalue weighted by atomic mass is 9.86. The van der Waals surface area contributed by atoms with Crippen molar-refractivity contribution < 1.29 is 9.84 Å². The summed E-state index contributed by atoms with van der Waals surface area (Å²) < 4.78 is 6.49. The molecule has 0 bridgehead atoms. The minimum atomic E-state index is -0.0413. The molecule has 0 aromatic heterocycles. The molecule has 1 N–H and O–H groups in total. The number of piperidine rings is 1. The zero-order valence-corrected chi connectivity index (χ0v) is 23.3. The van der Waals surface area contributed by atoms with Gasteiger partial charge in [0.15, 0.2) is 0 Å². The fourth-order valence-corrected chi connectivity index (χ4v) is 6.01. The van der Waals surface area contributed by atoms with Crippen molar-refractivity contribution in [3.05, 3.63) is 84.4 Å². The second kappa shape index (κ2) is 17.5. The standard InChI is InChI=1S/C34H51NO2/c1-3-5-6-7-8-9-10-11-12-19-24-31-25-26-34(37-28-29-20-15-13-16-21-29)32(4-2)35(31)33(27-36)30-22-17-14-18-23-30/h4,13-18,20-23,31-34,36H,2-3,5-12,19,24-28H2,1H3/t31-,32-,33+,34+/m0/s1. The summed E-state index contributed by atoms with van der Waals surface area (Å²) in [6.45, 7) is 7.24. The van der Waals surface area contributed by atoms with E-state index in [9.17, 15) is 5.11 Å². The fourth-order valence-electron chi connectivity index (χ4n) is 6.01. The lowest BCUT2D eigenvalue weighted by Gasteiger charge is -2.49. The summed E-state index contributed by atoms with van der Waals surface area (Å²) in [5, 5.41) is 10.6. The molecule has 1 heterocycles. The van der Waals surface area contributed by atoms with E-state index in [-0.39, 0.29) is 24.8 Å². The van der Waals surface area contributed by atoms with E-state index in [0.29, 0.717) is 12.6 Å². The highest BCUT2D eigenvalue weighted by Crippen LogP contribution is 2.37. The molecule has 1 aliphatic rings. The Morgan fingerprint density at radius 3 is 2.05 bits per heavy atom. The van der Waals surface area contributed by atoms with Crippen molar-refractivity contribution in [2.45, 2.75) is 121 Å². The quantitative estimate of drug-likeness (QED) is 0.162. The van der Waals surface area contributed by atoms with Gasteiger partial charge in [0.05, 0.1) is 31.4 Å². The van der Waals surface area contributed by atoms with Gasteiger partial charge < -0.3 is 9.84 Å². The molecule has 0 saturated carbocycles. The second-order valence-corrected chi connectivity index (χ2v) is 10.8. The number of hydrogen-bond acceptors (Lipinski definition) is 3. The Balaban J connectivity index is 1.59. The lowest BCUT2D eigenvalue weighted by Crippen LogP contribution is -2.55. The largest absolute Gasteiger partial charge is 0.394 e. The SMILES string of the molecule is C=C[C@H]1[C@H](OCc2ccccc2)CC[C@H](CCCCCCCCCCCC)N1[C@H](CO)c1ccccc1. The highest BCUT2D eigenvalue weighted by Gasteiger charge is 2.40. The van der Waals surface area contributed by atoms with Crippen molar-refractivity contribution in [3.8, 4) is 0 Å². The van der Waals surface area contributed by atoms with Crippen molar-refractivity contribution in [1.82, 2.24) is 4.90 Å². The van der Waals surface area contributed by atoms with Gasteiger partial charge >= 0.3 is 0 Å². The molecule has 1 fully saturated rings. The zero-order chi connectivity index (χ0) is 26.1. The van der Waals surface area contributed by atoms with Crippen LogP contribution >= 0.6 is 0 Å². The topological polar surface area (TPSA) is 32.7 Å². The predicted octanol–water partition coefficient (Wildman–Crippen LogP) is 8.64. The number of benzene rings is 2. The van der Waals surface area contributed by atoms with E-state index in [2.05, 4.69) is 73.0 Å². The third kappa shape index (κ3) is 9.71. The Hall–Kier alpha value is -1.94. The number of ether oxygens (including phenoxy) is 1. The number of rotatable bonds is 18. The first-order valence-corrected chi connectivity index (χ1v) is 15.0. The van der Waals surface area contributed by atoms with Gasteiger partial charge in [-0.25, -0.2) is 0 Å². The maximum Gasteiger partial charge on any atom is 0.0771 e. The predicted molar refractivity (Wildman–Crippen MR) is 157 cm³/mol. The Bertz CT molecular complexity index is 839. The summed E-state index contributed by atoms with van der Waals surface area (Å²) >= 11 is 0. The molecule has 1 saturated heterocycles. The molecule has 204 valence electrons. The average molecular weight is 506 g/mol. The van der Waals surface area contributed by atoms with Crippen LogP contribution in [-0.2, 0) is 11.3 Å². The van der Waals surface area contributed by atoms with Gasteiger partial charge in [-0.3, -0.25) is 4.90 Å². The Morgan fingerprint density at radius 1 is 0.865 bits per heavy atom. The van der Waals surface area contributed by atoms with Crippen molar-refractivity contribution in [2.24, 2.45) is 0 Å². The van der Waals surface area contributed by atoms with Crippen molar-refractivity contribution in [2.75, 3.05) is 6.61 Å². The van der Waals surface area contributed by atoms with Crippen LogP contribution < -0.4 is 0 Å². The van der Waals surface area contributed by atoms with Crippen LogP contribution in [0.4, 0.5) is 0 Å². The molecule has 0 aliphatic carbocycles. The first-order chi connectivity index (χ1) is 18.3. The van der Waals surface area contributed by atoms with Crippen molar-refractivity contribution in [1.29, 1.82) is 0 Å². The van der Waals surface area contributed by atoms with Crippen LogP contribution in [0.15, 0.2) is 73.3 Å². The summed E-state index contributed by atoms with van der Waals surface area (Å²) in [7, 11) is 0. The minimum Gasteiger partial charge on any atom is -0.394 e. The molecular formula is C34H51NO2. The summed E-state index contributed by atoms with van der Waals surface area (Å²) in [6, 6.07) is 21.4. The van der Waals surface area contributed by atoms with E-state index in [1.165, 1.54) is 81.8 Å². The van der Waals surface area contributed by atoms with E-state index >= 15 is 0 Å². The second-order valence-electron chi connectivity index (χ2n) is 10.8. The molecule has 3 heteroatoms. The summed E-state index contributed by atoms with van der Waals surface area (Å²) in [5.41, 5.74) is 2.37. The van der Waals surface area contributed by atoms with E-state index < -0.39 is 0 Å². The molecule has 2 aromatic carbocycles. The van der Waals surface area contributed by atoms with Gasteiger partial charge in [-0.05, 0) is 30.4 Å². The molecule has 4 atom stereocenters. The third-order valence-corrected chi connectivity index (χ3v) is 8.09. The van der Waals surface area contributed by atoms with Gasteiger partial charge in [-0.15, -0.1) is 6.58 Å². The van der Waals surface area contributed by atoms with Gasteiger partial charge in [0.25, 0.3) is 0 Å². The Kier molecular flexibility index (Phi) is 14.0. The molecule has 0 unspecified atom stereocenters. The van der Waals surface area contributed by atoms with Crippen molar-refractivity contribution in [3.63, 3.8) is 0 Å². The van der Waals surface area contributed by atoms with Crippen LogP contribution in [0.3, 0.4) is 0 Å². The number of likely N-dealkylation sites (tertiary alicyclic amines) is 1. The van der Waals surface area contributed by atoms with Gasteiger partial charge in [0, 0.05) is 6.04 Å². The van der Waals surface area contributed by atoms with Crippen LogP contribution in [0, 0.1) is 0 Å². The highest BCUT2D eigenvalue weighted by atomic mass is 16.5. The van der Waals surface area contributed by atoms with Crippen molar-refractivity contribution >= 4 is 0 Å². The highest BCUT2D eigenvalue weighted by molar-refractivity contribution is 5.21. The average Bonchev–Trinajstić information content (AvgIpc) is 2.95. The summed E-state index contributed by atoms with van der Waals surface area (Å²) in [6.07, 6.45) is 19.0. The molecule has 0 spiro atoms. The lowest BCUT2D eigenvalue weighted by molar-refractivity contribution is -0.0801. The maximum atomic E-state index is 10.6. The minimum absolute atomic E-state index is 0.0413. The number of aliphatic hydroxyl groups excluding tert-OH is 1. The van der Waals surface area contributed by atoms with Gasteiger partial charge in [-0.1, -0.05) is 138 Å². The molecule has 37 heavy (non-hydrogen) atoms. The van der Waals surface area contributed by atoms with E-state index in [1.54, 1.807) is 0 Å². The molecule has 3 rings (SSSR count). The molecule has 0 radical (unpaired) electrons. The van der Waals surface area contributed by atoms with Crippen LogP contribution in [0.2, 0.25) is 0 Å². The Labute approximate surface area is 226 Å². The summed E-state index contributed by atoms with van der Waals surface area (Å²) in [5.74, 6) is 0. The fraction of sp³-hybridized carbons (Fsp3) is 0.588.